The molecule has 0 aliphatic rings. The summed E-state index contributed by atoms with van der Waals surface area (Å²) in [6, 6.07) is 10.1. The second kappa shape index (κ2) is 4.93. The minimum Gasteiger partial charge on any atom is -0.326 e. The molecule has 2 nitrogen and oxygen atoms in total. The van der Waals surface area contributed by atoms with Crippen molar-refractivity contribution in [2.75, 3.05) is 0 Å². The van der Waals surface area contributed by atoms with Gasteiger partial charge >= 0.3 is 0 Å². The van der Waals surface area contributed by atoms with Crippen LogP contribution < -0.4 is 5.73 Å². The van der Waals surface area contributed by atoms with Crippen molar-refractivity contribution in [2.24, 2.45) is 5.73 Å². The lowest BCUT2D eigenvalue weighted by molar-refractivity contribution is 1.07. The van der Waals surface area contributed by atoms with Crippen LogP contribution in [-0.4, -0.2) is 4.98 Å². The zero-order valence-corrected chi connectivity index (χ0v) is 9.98. The molecule has 0 amide bonds. The van der Waals surface area contributed by atoms with Crippen LogP contribution in [0.25, 0.3) is 17.3 Å². The molecule has 0 radical (unpaired) electrons. The first-order valence-corrected chi connectivity index (χ1v) is 5.64. The van der Waals surface area contributed by atoms with E-state index in [-0.39, 0.29) is 0 Å². The van der Waals surface area contributed by atoms with Crippen LogP contribution in [0.5, 0.6) is 0 Å². The number of pyridine rings is 1. The first-order chi connectivity index (χ1) is 8.27. The van der Waals surface area contributed by atoms with E-state index in [2.05, 4.69) is 24.6 Å². The van der Waals surface area contributed by atoms with Crippen LogP contribution in [0.4, 0.5) is 0 Å². The molecule has 0 saturated heterocycles. The Bertz CT molecular complexity index is 544. The molecule has 2 aromatic rings. The fourth-order valence-corrected chi connectivity index (χ4v) is 2.00. The summed E-state index contributed by atoms with van der Waals surface area (Å²) in [5, 5.41) is 0. The molecule has 0 aliphatic carbocycles. The molecule has 1 aromatic heterocycles. The number of rotatable bonds is 3. The first kappa shape index (κ1) is 11.6. The van der Waals surface area contributed by atoms with E-state index in [0.29, 0.717) is 6.54 Å². The molecule has 86 valence electrons. The van der Waals surface area contributed by atoms with Crippen LogP contribution in [0.15, 0.2) is 43.1 Å². The van der Waals surface area contributed by atoms with Gasteiger partial charge in [-0.3, -0.25) is 4.98 Å². The molecule has 1 heterocycles. The Kier molecular flexibility index (Phi) is 3.35. The summed E-state index contributed by atoms with van der Waals surface area (Å²) in [4.78, 5) is 4.46. The molecular formula is C15H16N2. The summed E-state index contributed by atoms with van der Waals surface area (Å²) in [7, 11) is 0. The third-order valence-corrected chi connectivity index (χ3v) is 2.87. The number of nitrogens with two attached hydrogens (primary N) is 1. The van der Waals surface area contributed by atoms with E-state index in [0.717, 1.165) is 27.9 Å². The molecule has 17 heavy (non-hydrogen) atoms. The zero-order chi connectivity index (χ0) is 12.3. The van der Waals surface area contributed by atoms with Crippen LogP contribution in [-0.2, 0) is 6.54 Å². The van der Waals surface area contributed by atoms with Gasteiger partial charge in [-0.1, -0.05) is 36.9 Å². The predicted octanol–water partition coefficient (Wildman–Crippen LogP) is 3.16. The van der Waals surface area contributed by atoms with Gasteiger partial charge in [-0.05, 0) is 29.7 Å². The van der Waals surface area contributed by atoms with E-state index < -0.39 is 0 Å². The monoisotopic (exact) mass is 224 g/mol. The highest BCUT2D eigenvalue weighted by molar-refractivity contribution is 5.77. The molecule has 0 saturated carbocycles. The molecule has 0 unspecified atom stereocenters. The fourth-order valence-electron chi connectivity index (χ4n) is 2.00. The molecule has 0 spiro atoms. The molecule has 2 N–H and O–H groups in total. The Hall–Kier alpha value is -1.93. The normalized spacial score (nSPS) is 10.2. The predicted molar refractivity (Wildman–Crippen MR) is 72.4 cm³/mol. The summed E-state index contributed by atoms with van der Waals surface area (Å²) < 4.78 is 0. The number of aromatic nitrogens is 1. The van der Waals surface area contributed by atoms with Gasteiger partial charge in [-0.15, -0.1) is 0 Å². The minimum absolute atomic E-state index is 0.507. The van der Waals surface area contributed by atoms with Crippen molar-refractivity contribution in [1.29, 1.82) is 0 Å². The largest absolute Gasteiger partial charge is 0.326 e. The van der Waals surface area contributed by atoms with Crippen molar-refractivity contribution in [1.82, 2.24) is 4.98 Å². The zero-order valence-electron chi connectivity index (χ0n) is 9.98. The van der Waals surface area contributed by atoms with Crippen molar-refractivity contribution in [3.63, 3.8) is 0 Å². The first-order valence-electron chi connectivity index (χ1n) is 5.64. The molecule has 0 bridgehead atoms. The van der Waals surface area contributed by atoms with Crippen molar-refractivity contribution < 1.29 is 0 Å². The second-order valence-electron chi connectivity index (χ2n) is 3.96. The highest BCUT2D eigenvalue weighted by Crippen LogP contribution is 2.29. The van der Waals surface area contributed by atoms with Gasteiger partial charge < -0.3 is 5.73 Å². The molecule has 2 heteroatoms. The summed E-state index contributed by atoms with van der Waals surface area (Å²) in [6.07, 6.45) is 3.66. The fraction of sp³-hybridized carbons (Fsp3) is 0.133. The van der Waals surface area contributed by atoms with E-state index in [1.807, 2.05) is 36.5 Å². The SMILES string of the molecule is C=Cc1cccc(CN)c1-c1ncccc1C. The van der Waals surface area contributed by atoms with E-state index in [4.69, 9.17) is 5.73 Å². The van der Waals surface area contributed by atoms with Crippen molar-refractivity contribution >= 4 is 6.08 Å². The van der Waals surface area contributed by atoms with Crippen molar-refractivity contribution in [3.05, 3.63) is 59.8 Å². The summed E-state index contributed by atoms with van der Waals surface area (Å²) >= 11 is 0. The maximum Gasteiger partial charge on any atom is 0.0740 e. The molecule has 0 fully saturated rings. The Morgan fingerprint density at radius 1 is 1.29 bits per heavy atom. The van der Waals surface area contributed by atoms with Crippen molar-refractivity contribution in [3.8, 4) is 11.3 Å². The average molecular weight is 224 g/mol. The van der Waals surface area contributed by atoms with E-state index in [1.54, 1.807) is 0 Å². The van der Waals surface area contributed by atoms with Crippen LogP contribution in [0.2, 0.25) is 0 Å². The number of nitrogens with zero attached hydrogens (tertiary/aromatic N) is 1. The molecule has 0 aliphatic heterocycles. The van der Waals surface area contributed by atoms with Crippen LogP contribution in [0, 0.1) is 6.92 Å². The lowest BCUT2D eigenvalue weighted by atomic mass is 9.95. The van der Waals surface area contributed by atoms with Gasteiger partial charge in [0, 0.05) is 18.3 Å². The molecule has 0 atom stereocenters. The molecular weight excluding hydrogens is 208 g/mol. The Balaban J connectivity index is 2.73. The summed E-state index contributed by atoms with van der Waals surface area (Å²) in [6.45, 7) is 6.42. The van der Waals surface area contributed by atoms with Crippen molar-refractivity contribution in [2.45, 2.75) is 13.5 Å². The van der Waals surface area contributed by atoms with Crippen LogP contribution in [0.1, 0.15) is 16.7 Å². The van der Waals surface area contributed by atoms with Gasteiger partial charge in [0.25, 0.3) is 0 Å². The highest BCUT2D eigenvalue weighted by atomic mass is 14.7. The van der Waals surface area contributed by atoms with Gasteiger partial charge in [0.2, 0.25) is 0 Å². The van der Waals surface area contributed by atoms with Crippen LogP contribution in [0.3, 0.4) is 0 Å². The Labute approximate surface area is 102 Å². The maximum atomic E-state index is 5.80. The average Bonchev–Trinajstić information content (AvgIpc) is 2.38. The van der Waals surface area contributed by atoms with Gasteiger partial charge in [0.1, 0.15) is 0 Å². The summed E-state index contributed by atoms with van der Waals surface area (Å²) in [5.74, 6) is 0. The van der Waals surface area contributed by atoms with Gasteiger partial charge in [-0.25, -0.2) is 0 Å². The third kappa shape index (κ3) is 2.12. The lowest BCUT2D eigenvalue weighted by Crippen LogP contribution is -2.02. The highest BCUT2D eigenvalue weighted by Gasteiger charge is 2.10. The molecule has 2 rings (SSSR count). The van der Waals surface area contributed by atoms with E-state index >= 15 is 0 Å². The van der Waals surface area contributed by atoms with E-state index in [1.165, 1.54) is 0 Å². The molecule has 1 aromatic carbocycles. The smallest absolute Gasteiger partial charge is 0.0740 e. The number of hydrogen-bond donors (Lipinski definition) is 1. The quantitative estimate of drug-likeness (QED) is 0.869. The van der Waals surface area contributed by atoms with E-state index in [9.17, 15) is 0 Å². The van der Waals surface area contributed by atoms with Gasteiger partial charge in [-0.2, -0.15) is 0 Å². The number of aryl methyl sites for hydroxylation is 1. The number of hydrogen-bond acceptors (Lipinski definition) is 2. The maximum absolute atomic E-state index is 5.80. The minimum atomic E-state index is 0.507. The van der Waals surface area contributed by atoms with Gasteiger partial charge in [0.05, 0.1) is 5.69 Å². The summed E-state index contributed by atoms with van der Waals surface area (Å²) in [5.41, 5.74) is 11.2. The number of benzene rings is 1. The second-order valence-corrected chi connectivity index (χ2v) is 3.96. The lowest BCUT2D eigenvalue weighted by Gasteiger charge is -2.12. The topological polar surface area (TPSA) is 38.9 Å². The van der Waals surface area contributed by atoms with Crippen LogP contribution >= 0.6 is 0 Å². The standard InChI is InChI=1S/C15H16N2/c1-3-12-7-4-8-13(10-16)14(12)15-11(2)6-5-9-17-15/h3-9H,1,10,16H2,2H3. The Morgan fingerprint density at radius 2 is 2.12 bits per heavy atom. The Morgan fingerprint density at radius 3 is 2.76 bits per heavy atom. The van der Waals surface area contributed by atoms with Gasteiger partial charge in [0.15, 0.2) is 0 Å². The third-order valence-electron chi connectivity index (χ3n) is 2.87.